The molecule has 0 aliphatic carbocycles. The second-order valence-electron chi connectivity index (χ2n) is 7.47. The van der Waals surface area contributed by atoms with Gasteiger partial charge in [0.05, 0.1) is 14.2 Å². The van der Waals surface area contributed by atoms with Crippen LogP contribution in [0.4, 0.5) is 4.79 Å². The fraction of sp³-hybridized carbons (Fsp3) is 0.667. The summed E-state index contributed by atoms with van der Waals surface area (Å²) in [5, 5.41) is 2.78. The summed E-state index contributed by atoms with van der Waals surface area (Å²) in [5.74, 6) is 1.72. The molecule has 0 bridgehead atoms. The van der Waals surface area contributed by atoms with Gasteiger partial charge in [0.25, 0.3) is 0 Å². The van der Waals surface area contributed by atoms with Gasteiger partial charge in [-0.05, 0) is 63.3 Å². The maximum absolute atomic E-state index is 11.8. The van der Waals surface area contributed by atoms with Gasteiger partial charge in [-0.25, -0.2) is 4.79 Å². The number of carbonyl (C=O) groups excluding carboxylic acids is 1. The third-order valence-corrected chi connectivity index (χ3v) is 4.05. The van der Waals surface area contributed by atoms with E-state index in [1.54, 1.807) is 14.2 Å². The quantitative estimate of drug-likeness (QED) is 0.600. The minimum atomic E-state index is -0.496. The van der Waals surface area contributed by atoms with Gasteiger partial charge in [0.1, 0.15) is 17.1 Å². The van der Waals surface area contributed by atoms with Crippen molar-refractivity contribution in [2.45, 2.75) is 71.8 Å². The van der Waals surface area contributed by atoms with Crippen molar-refractivity contribution in [3.8, 4) is 11.5 Å². The van der Waals surface area contributed by atoms with E-state index in [0.29, 0.717) is 13.0 Å². The lowest BCUT2D eigenvalue weighted by Gasteiger charge is -2.20. The molecule has 0 aliphatic rings. The number of ether oxygens (including phenoxy) is 3. The van der Waals surface area contributed by atoms with E-state index in [4.69, 9.17) is 14.2 Å². The lowest BCUT2D eigenvalue weighted by molar-refractivity contribution is 0.0528. The molecule has 148 valence electrons. The summed E-state index contributed by atoms with van der Waals surface area (Å²) >= 11 is 0. The number of alkyl carbamates (subject to hydrolysis) is 1. The van der Waals surface area contributed by atoms with Gasteiger partial charge in [0, 0.05) is 6.54 Å². The lowest BCUT2D eigenvalue weighted by atomic mass is 10.0. The number of amides is 1. The highest BCUT2D eigenvalue weighted by Crippen LogP contribution is 2.30. The number of nitrogens with one attached hydrogen (secondary N) is 1. The number of carbonyl (C=O) groups is 1. The summed E-state index contributed by atoms with van der Waals surface area (Å²) < 4.78 is 16.4. The monoisotopic (exact) mass is 365 g/mol. The molecule has 1 aromatic rings. The minimum Gasteiger partial charge on any atom is -0.496 e. The van der Waals surface area contributed by atoms with Gasteiger partial charge in [-0.1, -0.05) is 26.2 Å². The van der Waals surface area contributed by atoms with Crippen molar-refractivity contribution in [2.24, 2.45) is 0 Å². The molecular weight excluding hydrogens is 330 g/mol. The van der Waals surface area contributed by atoms with Crippen LogP contribution in [0.25, 0.3) is 0 Å². The molecule has 1 N–H and O–H groups in total. The molecule has 0 saturated carbocycles. The Morgan fingerprint density at radius 1 is 0.962 bits per heavy atom. The zero-order valence-corrected chi connectivity index (χ0v) is 17.2. The highest BCUT2D eigenvalue weighted by Gasteiger charge is 2.16. The van der Waals surface area contributed by atoms with Gasteiger partial charge in [0.15, 0.2) is 0 Å². The SMILES string of the molecule is CCCCCCc1cc(OC)c(CCNC(=O)OC(C)(C)C)cc1OC. The normalized spacial score (nSPS) is 11.2. The molecule has 0 saturated heterocycles. The predicted octanol–water partition coefficient (Wildman–Crippen LogP) is 4.89. The summed E-state index contributed by atoms with van der Waals surface area (Å²) in [5.41, 5.74) is 1.69. The zero-order chi connectivity index (χ0) is 19.6. The molecule has 0 heterocycles. The Balaban J connectivity index is 2.71. The largest absolute Gasteiger partial charge is 0.496 e. The van der Waals surface area contributed by atoms with Crippen LogP contribution in [0.2, 0.25) is 0 Å². The molecule has 0 atom stereocenters. The van der Waals surface area contributed by atoms with Crippen LogP contribution in [-0.2, 0) is 17.6 Å². The van der Waals surface area contributed by atoms with Gasteiger partial charge in [-0.2, -0.15) is 0 Å². The highest BCUT2D eigenvalue weighted by molar-refractivity contribution is 5.67. The van der Waals surface area contributed by atoms with Crippen molar-refractivity contribution in [1.82, 2.24) is 5.32 Å². The number of hydrogen-bond acceptors (Lipinski definition) is 4. The molecule has 0 radical (unpaired) electrons. The van der Waals surface area contributed by atoms with Crippen LogP contribution in [0.15, 0.2) is 12.1 Å². The highest BCUT2D eigenvalue weighted by atomic mass is 16.6. The van der Waals surface area contributed by atoms with Crippen LogP contribution in [0.5, 0.6) is 11.5 Å². The van der Waals surface area contributed by atoms with Crippen molar-refractivity contribution >= 4 is 6.09 Å². The maximum Gasteiger partial charge on any atom is 0.407 e. The topological polar surface area (TPSA) is 56.8 Å². The van der Waals surface area contributed by atoms with E-state index in [2.05, 4.69) is 18.3 Å². The van der Waals surface area contributed by atoms with E-state index in [0.717, 1.165) is 29.9 Å². The second kappa shape index (κ2) is 10.9. The fourth-order valence-electron chi connectivity index (χ4n) is 2.77. The molecule has 1 aromatic carbocycles. The first-order valence-corrected chi connectivity index (χ1v) is 9.51. The van der Waals surface area contributed by atoms with Crippen LogP contribution in [0.1, 0.15) is 64.5 Å². The number of hydrogen-bond donors (Lipinski definition) is 1. The minimum absolute atomic E-state index is 0.407. The van der Waals surface area contributed by atoms with Gasteiger partial charge in [0.2, 0.25) is 0 Å². The molecule has 26 heavy (non-hydrogen) atoms. The lowest BCUT2D eigenvalue weighted by Crippen LogP contribution is -2.33. The Morgan fingerprint density at radius 2 is 1.54 bits per heavy atom. The van der Waals surface area contributed by atoms with E-state index in [1.807, 2.05) is 26.8 Å². The first-order valence-electron chi connectivity index (χ1n) is 9.51. The Kier molecular flexibility index (Phi) is 9.31. The summed E-state index contributed by atoms with van der Waals surface area (Å²) in [6.07, 6.45) is 6.08. The number of methoxy groups -OCH3 is 2. The van der Waals surface area contributed by atoms with E-state index in [-0.39, 0.29) is 0 Å². The van der Waals surface area contributed by atoms with Crippen LogP contribution >= 0.6 is 0 Å². The number of benzene rings is 1. The third-order valence-electron chi connectivity index (χ3n) is 4.05. The predicted molar refractivity (Wildman–Crippen MR) is 105 cm³/mol. The van der Waals surface area contributed by atoms with E-state index in [9.17, 15) is 4.79 Å². The maximum atomic E-state index is 11.8. The summed E-state index contributed by atoms with van der Waals surface area (Å²) in [4.78, 5) is 11.8. The van der Waals surface area contributed by atoms with Gasteiger partial charge < -0.3 is 19.5 Å². The average Bonchev–Trinajstić information content (AvgIpc) is 2.57. The zero-order valence-electron chi connectivity index (χ0n) is 17.2. The Morgan fingerprint density at radius 3 is 2.04 bits per heavy atom. The molecule has 0 unspecified atom stereocenters. The first-order chi connectivity index (χ1) is 12.3. The molecule has 1 amide bonds. The molecule has 5 nitrogen and oxygen atoms in total. The van der Waals surface area contributed by atoms with Gasteiger partial charge >= 0.3 is 6.09 Å². The molecule has 5 heteroatoms. The smallest absolute Gasteiger partial charge is 0.407 e. The Hall–Kier alpha value is -1.91. The molecular formula is C21H35NO4. The fourth-order valence-corrected chi connectivity index (χ4v) is 2.77. The van der Waals surface area contributed by atoms with Crippen molar-refractivity contribution in [3.05, 3.63) is 23.3 Å². The van der Waals surface area contributed by atoms with Crippen LogP contribution in [0, 0.1) is 0 Å². The van der Waals surface area contributed by atoms with Crippen molar-refractivity contribution in [3.63, 3.8) is 0 Å². The van der Waals surface area contributed by atoms with Crippen molar-refractivity contribution < 1.29 is 19.0 Å². The molecule has 0 spiro atoms. The van der Waals surface area contributed by atoms with E-state index in [1.165, 1.54) is 24.8 Å². The second-order valence-corrected chi connectivity index (χ2v) is 7.47. The third kappa shape index (κ3) is 7.98. The number of rotatable bonds is 10. The molecule has 0 aromatic heterocycles. The average molecular weight is 366 g/mol. The van der Waals surface area contributed by atoms with E-state index >= 15 is 0 Å². The summed E-state index contributed by atoms with van der Waals surface area (Å²) in [6, 6.07) is 4.08. The van der Waals surface area contributed by atoms with Crippen molar-refractivity contribution in [2.75, 3.05) is 20.8 Å². The van der Waals surface area contributed by atoms with Crippen LogP contribution in [-0.4, -0.2) is 32.5 Å². The summed E-state index contributed by atoms with van der Waals surface area (Å²) in [6.45, 7) is 8.23. The van der Waals surface area contributed by atoms with Gasteiger partial charge in [-0.15, -0.1) is 0 Å². The number of aryl methyl sites for hydroxylation is 1. The molecule has 0 aliphatic heterocycles. The standard InChI is InChI=1S/C21H35NO4/c1-7-8-9-10-11-16-14-19(25-6)17(15-18(16)24-5)12-13-22-20(23)26-21(2,3)4/h14-15H,7-13H2,1-6H3,(H,22,23). The van der Waals surface area contributed by atoms with Crippen molar-refractivity contribution in [1.29, 1.82) is 0 Å². The van der Waals surface area contributed by atoms with Gasteiger partial charge in [-0.3, -0.25) is 0 Å². The van der Waals surface area contributed by atoms with Crippen LogP contribution < -0.4 is 14.8 Å². The van der Waals surface area contributed by atoms with Crippen LogP contribution in [0.3, 0.4) is 0 Å². The molecule has 1 rings (SSSR count). The first kappa shape index (κ1) is 22.1. The number of unbranched alkanes of at least 4 members (excludes halogenated alkanes) is 3. The Bertz CT molecular complexity index is 564. The summed E-state index contributed by atoms with van der Waals surface area (Å²) in [7, 11) is 3.37. The Labute approximate surface area is 158 Å². The van der Waals surface area contributed by atoms with E-state index < -0.39 is 11.7 Å². The molecule has 0 fully saturated rings.